The minimum absolute atomic E-state index is 0.210. The molecule has 4 rings (SSSR count). The van der Waals surface area contributed by atoms with Crippen LogP contribution in [0.1, 0.15) is 85.0 Å². The SMILES string of the molecule is CCOC(=O)C1CCC[C@H]2[C@@H]3CC[C@@H]4C[C@H](C)CC[C@@H]4[C@H]3CC[C@]2(C)C1=O. The van der Waals surface area contributed by atoms with Gasteiger partial charge >= 0.3 is 5.97 Å². The fourth-order valence-corrected chi connectivity index (χ4v) is 7.79. The molecule has 0 amide bonds. The van der Waals surface area contributed by atoms with Gasteiger partial charge in [0.05, 0.1) is 6.61 Å². The number of rotatable bonds is 2. The van der Waals surface area contributed by atoms with Crippen molar-refractivity contribution in [3.05, 3.63) is 0 Å². The first-order valence-electron chi connectivity index (χ1n) is 11.7. The van der Waals surface area contributed by atoms with E-state index in [4.69, 9.17) is 4.74 Å². The van der Waals surface area contributed by atoms with Crippen molar-refractivity contribution >= 4 is 11.8 Å². The predicted octanol–water partition coefficient (Wildman–Crippen LogP) is 5.41. The van der Waals surface area contributed by atoms with Gasteiger partial charge in [-0.3, -0.25) is 9.59 Å². The lowest BCUT2D eigenvalue weighted by Crippen LogP contribution is -2.52. The van der Waals surface area contributed by atoms with E-state index < -0.39 is 5.92 Å². The summed E-state index contributed by atoms with van der Waals surface area (Å²) >= 11 is 0. The summed E-state index contributed by atoms with van der Waals surface area (Å²) in [5.74, 6) is 4.22. The van der Waals surface area contributed by atoms with E-state index in [9.17, 15) is 9.59 Å². The van der Waals surface area contributed by atoms with Gasteiger partial charge in [-0.25, -0.2) is 0 Å². The smallest absolute Gasteiger partial charge is 0.316 e. The highest BCUT2D eigenvalue weighted by molar-refractivity contribution is 6.02. The van der Waals surface area contributed by atoms with Crippen molar-refractivity contribution in [2.24, 2.45) is 46.8 Å². The third kappa shape index (κ3) is 3.27. The fourth-order valence-electron chi connectivity index (χ4n) is 7.79. The molecule has 0 saturated heterocycles. The number of carbonyl (C=O) groups is 2. The molecule has 0 aromatic heterocycles. The first-order chi connectivity index (χ1) is 13.0. The van der Waals surface area contributed by atoms with Crippen LogP contribution in [0.3, 0.4) is 0 Å². The summed E-state index contributed by atoms with van der Waals surface area (Å²) in [4.78, 5) is 26.0. The van der Waals surface area contributed by atoms with Gasteiger partial charge in [-0.05, 0) is 93.8 Å². The van der Waals surface area contributed by atoms with Crippen LogP contribution in [0.25, 0.3) is 0 Å². The summed E-state index contributed by atoms with van der Waals surface area (Å²) < 4.78 is 5.26. The molecule has 0 heterocycles. The van der Waals surface area contributed by atoms with Gasteiger partial charge in [-0.1, -0.05) is 26.7 Å². The zero-order valence-corrected chi connectivity index (χ0v) is 17.5. The second kappa shape index (κ2) is 7.52. The normalized spacial score (nSPS) is 47.2. The molecule has 4 saturated carbocycles. The van der Waals surface area contributed by atoms with Crippen molar-refractivity contribution in [2.45, 2.75) is 85.0 Å². The van der Waals surface area contributed by atoms with Gasteiger partial charge in [0.25, 0.3) is 0 Å². The molecule has 0 N–H and O–H groups in total. The Morgan fingerprint density at radius 1 is 1.04 bits per heavy atom. The van der Waals surface area contributed by atoms with Crippen molar-refractivity contribution in [1.29, 1.82) is 0 Å². The number of ketones is 1. The molecule has 3 nitrogen and oxygen atoms in total. The number of esters is 1. The third-order valence-corrected chi connectivity index (χ3v) is 9.06. The van der Waals surface area contributed by atoms with Gasteiger partial charge in [0.2, 0.25) is 0 Å². The zero-order chi connectivity index (χ0) is 19.2. The Morgan fingerprint density at radius 3 is 2.59 bits per heavy atom. The maximum Gasteiger partial charge on any atom is 0.316 e. The standard InChI is InChI=1S/C24H38O3/c1-4-27-23(26)20-6-5-7-21-19-11-9-16-14-15(2)8-10-17(16)18(19)12-13-24(21,3)22(20)25/h15-21H,4-14H2,1-3H3/t15-,16-,17+,18-,19-,20?,21+,24+/m1/s1. The van der Waals surface area contributed by atoms with Crippen LogP contribution >= 0.6 is 0 Å². The van der Waals surface area contributed by atoms with Crippen molar-refractivity contribution in [3.8, 4) is 0 Å². The highest BCUT2D eigenvalue weighted by Crippen LogP contribution is 2.60. The quantitative estimate of drug-likeness (QED) is 0.479. The van der Waals surface area contributed by atoms with Crippen LogP contribution in [-0.2, 0) is 14.3 Å². The number of fused-ring (bicyclic) bond motifs is 5. The highest BCUT2D eigenvalue weighted by Gasteiger charge is 2.57. The van der Waals surface area contributed by atoms with Crippen LogP contribution in [0, 0.1) is 46.8 Å². The van der Waals surface area contributed by atoms with E-state index in [1.54, 1.807) is 0 Å². The number of Topliss-reactive ketones (excluding diaryl/α,β-unsaturated/α-hetero) is 1. The van der Waals surface area contributed by atoms with E-state index in [0.717, 1.165) is 42.9 Å². The van der Waals surface area contributed by atoms with Crippen molar-refractivity contribution in [1.82, 2.24) is 0 Å². The van der Waals surface area contributed by atoms with Crippen LogP contribution in [-0.4, -0.2) is 18.4 Å². The van der Waals surface area contributed by atoms with E-state index in [1.807, 2.05) is 6.92 Å². The topological polar surface area (TPSA) is 43.4 Å². The van der Waals surface area contributed by atoms with Gasteiger partial charge in [-0.2, -0.15) is 0 Å². The number of carbonyl (C=O) groups excluding carboxylic acids is 2. The molecule has 27 heavy (non-hydrogen) atoms. The Balaban J connectivity index is 1.56. The second-order valence-electron chi connectivity index (χ2n) is 10.4. The molecule has 1 unspecified atom stereocenters. The lowest BCUT2D eigenvalue weighted by Gasteiger charge is -2.56. The predicted molar refractivity (Wildman–Crippen MR) is 106 cm³/mol. The summed E-state index contributed by atoms with van der Waals surface area (Å²) in [6, 6.07) is 0. The minimum Gasteiger partial charge on any atom is -0.465 e. The zero-order valence-electron chi connectivity index (χ0n) is 17.5. The van der Waals surface area contributed by atoms with Crippen LogP contribution in [0.2, 0.25) is 0 Å². The molecule has 0 radical (unpaired) electrons. The lowest BCUT2D eigenvalue weighted by atomic mass is 9.48. The third-order valence-electron chi connectivity index (χ3n) is 9.06. The molecule has 0 spiro atoms. The maximum absolute atomic E-state index is 13.5. The summed E-state index contributed by atoms with van der Waals surface area (Å²) in [6.07, 6.45) is 12.0. The highest BCUT2D eigenvalue weighted by atomic mass is 16.5. The number of hydrogen-bond donors (Lipinski definition) is 0. The van der Waals surface area contributed by atoms with Gasteiger partial charge < -0.3 is 4.74 Å². The largest absolute Gasteiger partial charge is 0.465 e. The van der Waals surface area contributed by atoms with Crippen LogP contribution in [0.15, 0.2) is 0 Å². The van der Waals surface area contributed by atoms with Gasteiger partial charge in [0, 0.05) is 5.41 Å². The molecule has 3 heteroatoms. The summed E-state index contributed by atoms with van der Waals surface area (Å²) in [7, 11) is 0. The van der Waals surface area contributed by atoms with Crippen molar-refractivity contribution in [2.75, 3.05) is 6.61 Å². The molecule has 0 aromatic rings. The monoisotopic (exact) mass is 374 g/mol. The summed E-state index contributed by atoms with van der Waals surface area (Å²) in [5, 5.41) is 0. The van der Waals surface area contributed by atoms with E-state index >= 15 is 0 Å². The van der Waals surface area contributed by atoms with E-state index in [2.05, 4.69) is 13.8 Å². The Labute approximate surface area is 165 Å². The molecular formula is C24H38O3. The fraction of sp³-hybridized carbons (Fsp3) is 0.917. The Kier molecular flexibility index (Phi) is 5.42. The first-order valence-corrected chi connectivity index (χ1v) is 11.7. The van der Waals surface area contributed by atoms with Gasteiger partial charge in [-0.15, -0.1) is 0 Å². The molecule has 152 valence electrons. The number of ether oxygens (including phenoxy) is 1. The Morgan fingerprint density at radius 2 is 1.81 bits per heavy atom. The molecule has 0 aromatic carbocycles. The summed E-state index contributed by atoms with van der Waals surface area (Å²) in [5.41, 5.74) is -0.302. The lowest BCUT2D eigenvalue weighted by molar-refractivity contribution is -0.158. The average molecular weight is 375 g/mol. The van der Waals surface area contributed by atoms with Crippen molar-refractivity contribution < 1.29 is 14.3 Å². The van der Waals surface area contributed by atoms with E-state index in [-0.39, 0.29) is 17.2 Å². The molecular weight excluding hydrogens is 336 g/mol. The molecule has 0 aliphatic heterocycles. The Hall–Kier alpha value is -0.860. The molecule has 4 fully saturated rings. The summed E-state index contributed by atoms with van der Waals surface area (Å²) in [6.45, 7) is 6.83. The second-order valence-corrected chi connectivity index (χ2v) is 10.4. The average Bonchev–Trinajstić information content (AvgIpc) is 2.78. The van der Waals surface area contributed by atoms with Crippen LogP contribution in [0.4, 0.5) is 0 Å². The van der Waals surface area contributed by atoms with Gasteiger partial charge in [0.15, 0.2) is 5.78 Å². The number of hydrogen-bond acceptors (Lipinski definition) is 3. The molecule has 4 aliphatic carbocycles. The maximum atomic E-state index is 13.5. The molecule has 0 bridgehead atoms. The minimum atomic E-state index is -0.511. The molecule has 4 aliphatic rings. The van der Waals surface area contributed by atoms with Gasteiger partial charge in [0.1, 0.15) is 5.92 Å². The van der Waals surface area contributed by atoms with Crippen LogP contribution in [0.5, 0.6) is 0 Å². The van der Waals surface area contributed by atoms with E-state index in [1.165, 1.54) is 38.5 Å². The van der Waals surface area contributed by atoms with Crippen LogP contribution < -0.4 is 0 Å². The van der Waals surface area contributed by atoms with Crippen molar-refractivity contribution in [3.63, 3.8) is 0 Å². The first kappa shape index (κ1) is 19.5. The Bertz CT molecular complexity index is 584. The molecule has 8 atom stereocenters. The van der Waals surface area contributed by atoms with E-state index in [0.29, 0.717) is 24.9 Å².